The topological polar surface area (TPSA) is 0 Å². The summed E-state index contributed by atoms with van der Waals surface area (Å²) in [5, 5.41) is 1.23. The monoisotopic (exact) mass is 138 g/mol. The van der Waals surface area contributed by atoms with Crippen LogP contribution in [0.3, 0.4) is 0 Å². The standard InChI is InChI=1S/CH2P4/c2-4-1-3-5(1)4/h1-2H. The highest BCUT2D eigenvalue weighted by molar-refractivity contribution is 8.52. The van der Waals surface area contributed by atoms with Crippen molar-refractivity contribution in [3.63, 3.8) is 0 Å². The fourth-order valence-corrected chi connectivity index (χ4v) is 17.2. The van der Waals surface area contributed by atoms with Crippen molar-refractivity contribution in [3.8, 4) is 0 Å². The van der Waals surface area contributed by atoms with Crippen molar-refractivity contribution in [1.29, 1.82) is 0 Å². The van der Waals surface area contributed by atoms with Gasteiger partial charge in [0.25, 0.3) is 0 Å². The molecule has 0 aliphatic carbocycles. The summed E-state index contributed by atoms with van der Waals surface area (Å²) in [6, 6.07) is 0. The average molecular weight is 138 g/mol. The Morgan fingerprint density at radius 2 is 2.20 bits per heavy atom. The molecule has 0 bridgehead atoms. The van der Waals surface area contributed by atoms with E-state index in [4.69, 9.17) is 0 Å². The molecule has 0 nitrogen and oxygen atoms in total. The maximum absolute atomic E-state index is 3.63. The first kappa shape index (κ1) is 3.23. The molecule has 0 spiro atoms. The third kappa shape index (κ3) is 0.306. The van der Waals surface area contributed by atoms with Crippen LogP contribution in [0.1, 0.15) is 0 Å². The van der Waals surface area contributed by atoms with Gasteiger partial charge in [-0.1, -0.05) is 29.4 Å². The van der Waals surface area contributed by atoms with Gasteiger partial charge in [0.1, 0.15) is 0 Å². The summed E-state index contributed by atoms with van der Waals surface area (Å²) >= 11 is 0. The summed E-state index contributed by atoms with van der Waals surface area (Å²) in [5.41, 5.74) is 0. The molecule has 2 heterocycles. The predicted octanol–water partition coefficient (Wildman–Crippen LogP) is 3.09. The summed E-state index contributed by atoms with van der Waals surface area (Å²) in [4.78, 5) is 0. The van der Waals surface area contributed by atoms with Crippen LogP contribution in [-0.2, 0) is 0 Å². The summed E-state index contributed by atoms with van der Waals surface area (Å²) in [6.07, 6.45) is 0. The zero-order valence-corrected chi connectivity index (χ0v) is 6.10. The van der Waals surface area contributed by atoms with E-state index in [1.165, 1.54) is 5.14 Å². The van der Waals surface area contributed by atoms with Crippen LogP contribution in [0.4, 0.5) is 0 Å². The number of hydrogen-bond donors (Lipinski definition) is 0. The number of fused-ring (bicyclic) bond motifs is 1. The Balaban J connectivity index is 3.35. The molecular weight excluding hydrogens is 136 g/mol. The second kappa shape index (κ2) is 0.731. The molecule has 0 saturated carbocycles. The smallest absolute Gasteiger partial charge is 0.0919 e. The van der Waals surface area contributed by atoms with Crippen molar-refractivity contribution in [1.82, 2.24) is 0 Å². The van der Waals surface area contributed by atoms with Gasteiger partial charge in [-0.15, -0.1) is 0 Å². The molecule has 4 heteroatoms. The summed E-state index contributed by atoms with van der Waals surface area (Å²) in [7, 11) is 5.43. The molecule has 26 valence electrons. The van der Waals surface area contributed by atoms with Gasteiger partial charge >= 0.3 is 0 Å². The number of rotatable bonds is 0. The highest BCUT2D eigenvalue weighted by Gasteiger charge is 2.33. The molecule has 3 atom stereocenters. The lowest BCUT2D eigenvalue weighted by Gasteiger charge is -1.51. The van der Waals surface area contributed by atoms with Gasteiger partial charge in [-0.3, -0.25) is 0 Å². The van der Waals surface area contributed by atoms with Gasteiger partial charge in [0, 0.05) is 0 Å². The van der Waals surface area contributed by atoms with Crippen molar-refractivity contribution < 1.29 is 0 Å². The van der Waals surface area contributed by atoms with E-state index in [0.717, 1.165) is 0 Å². The van der Waals surface area contributed by atoms with Crippen molar-refractivity contribution in [2.45, 2.75) is 5.14 Å². The molecule has 0 aromatic carbocycles. The summed E-state index contributed by atoms with van der Waals surface area (Å²) in [5.74, 6) is 0. The van der Waals surface area contributed by atoms with Crippen molar-refractivity contribution in [3.05, 3.63) is 0 Å². The van der Waals surface area contributed by atoms with E-state index in [-0.39, 0.29) is 0 Å². The molecule has 0 saturated heterocycles. The Kier molecular flexibility index (Phi) is 0.473. The molecule has 5 heavy (non-hydrogen) atoms. The van der Waals surface area contributed by atoms with Gasteiger partial charge < -0.3 is 0 Å². The molecule has 0 radical (unpaired) electrons. The van der Waals surface area contributed by atoms with Crippen molar-refractivity contribution in [2.75, 3.05) is 0 Å². The lowest BCUT2D eigenvalue weighted by atomic mass is 11.9. The first-order valence-corrected chi connectivity index (χ1v) is 7.94. The Hall–Kier alpha value is 1.20. The van der Waals surface area contributed by atoms with Crippen LogP contribution < -0.4 is 0 Å². The van der Waals surface area contributed by atoms with Crippen LogP contribution in [0, 0.1) is 0 Å². The van der Waals surface area contributed by atoms with Crippen LogP contribution in [0.15, 0.2) is 0 Å². The zero-order valence-electron chi connectivity index (χ0n) is 2.42. The van der Waals surface area contributed by atoms with Gasteiger partial charge in [0.2, 0.25) is 0 Å². The minimum Gasteiger partial charge on any atom is -0.0919 e. The first-order valence-electron chi connectivity index (χ1n) is 1.40. The number of hydrogen-bond acceptors (Lipinski definition) is 0. The van der Waals surface area contributed by atoms with Crippen LogP contribution in [0.25, 0.3) is 0 Å². The second-order valence-corrected chi connectivity index (χ2v) is 13.6. The van der Waals surface area contributed by atoms with Crippen molar-refractivity contribution in [2.24, 2.45) is 0 Å². The molecule has 2 aliphatic heterocycles. The lowest BCUT2D eigenvalue weighted by Crippen LogP contribution is -1.26. The van der Waals surface area contributed by atoms with Gasteiger partial charge in [-0.25, -0.2) is 0 Å². The SMILES string of the molecule is P=P1=P2=PC12. The summed E-state index contributed by atoms with van der Waals surface area (Å²) < 4.78 is 0. The zero-order chi connectivity index (χ0) is 3.44. The molecule has 3 unspecified atom stereocenters. The van der Waals surface area contributed by atoms with E-state index in [1.54, 1.807) is 7.87 Å². The predicted molar refractivity (Wildman–Crippen MR) is 32.9 cm³/mol. The Bertz CT molecular complexity index is 192. The summed E-state index contributed by atoms with van der Waals surface area (Å²) in [6.45, 7) is 1.21. The molecular formula is CH2P4. The molecule has 0 fully saturated rings. The van der Waals surface area contributed by atoms with Crippen LogP contribution in [-0.4, -0.2) is 5.14 Å². The molecule has 0 aromatic rings. The van der Waals surface area contributed by atoms with Gasteiger partial charge in [0.15, 0.2) is 0 Å². The molecule has 0 aromatic heterocycles. The second-order valence-electron chi connectivity index (χ2n) is 1.13. The van der Waals surface area contributed by atoms with E-state index in [1.807, 2.05) is 0 Å². The minimum absolute atomic E-state index is 0.524. The largest absolute Gasteiger partial charge is 0.0959 e. The minimum atomic E-state index is 0.524. The quantitative estimate of drug-likeness (QED) is 0.451. The highest BCUT2D eigenvalue weighted by Crippen LogP contribution is 2.89. The fourth-order valence-electron chi connectivity index (χ4n) is 0.287. The van der Waals surface area contributed by atoms with Crippen LogP contribution >= 0.6 is 29.4 Å². The van der Waals surface area contributed by atoms with E-state index in [0.29, 0.717) is 13.0 Å². The fraction of sp³-hybridized carbons (Fsp3) is 1.00. The highest BCUT2D eigenvalue weighted by atomic mass is 32.2. The van der Waals surface area contributed by atoms with E-state index < -0.39 is 0 Å². The normalized spacial score (nSPS) is 57.2. The molecule has 0 N–H and O–H groups in total. The van der Waals surface area contributed by atoms with Gasteiger partial charge in [-0.2, -0.15) is 0 Å². The lowest BCUT2D eigenvalue weighted by molar-refractivity contribution is 2.20. The van der Waals surface area contributed by atoms with E-state index >= 15 is 0 Å². The Morgan fingerprint density at radius 1 is 1.80 bits per heavy atom. The molecule has 2 rings (SSSR count). The first-order chi connectivity index (χ1) is 2.39. The van der Waals surface area contributed by atoms with Crippen molar-refractivity contribution >= 4 is 29.4 Å². The molecule has 2 aliphatic rings. The molecule has 0 amide bonds. The third-order valence-corrected chi connectivity index (χ3v) is 18.7. The maximum Gasteiger partial charge on any atom is 0.0959 e. The van der Waals surface area contributed by atoms with Crippen LogP contribution in [0.5, 0.6) is 0 Å². The Morgan fingerprint density at radius 3 is 2.20 bits per heavy atom. The van der Waals surface area contributed by atoms with Gasteiger partial charge in [-0.05, 0) is 0 Å². The Labute approximate surface area is 35.2 Å². The van der Waals surface area contributed by atoms with Gasteiger partial charge in [0.05, 0.1) is 5.14 Å². The van der Waals surface area contributed by atoms with Crippen LogP contribution in [0.2, 0.25) is 0 Å². The third-order valence-electron chi connectivity index (χ3n) is 0.759. The maximum atomic E-state index is 3.63. The van der Waals surface area contributed by atoms with E-state index in [9.17, 15) is 0 Å². The van der Waals surface area contributed by atoms with E-state index in [2.05, 4.69) is 8.53 Å². The average Bonchev–Trinajstić information content (AvgIpc) is 2.11.